The Kier molecular flexibility index (Phi) is 6.57. The molecule has 0 heterocycles. The molecule has 0 spiro atoms. The molecule has 0 saturated heterocycles. The Morgan fingerprint density at radius 3 is 2.56 bits per heavy atom. The molecule has 0 saturated carbocycles. The minimum absolute atomic E-state index is 0.241. The van der Waals surface area contributed by atoms with Crippen molar-refractivity contribution in [1.82, 2.24) is 5.01 Å². The molecule has 92 valence electrons. The van der Waals surface area contributed by atoms with Crippen LogP contribution in [-0.2, 0) is 19.2 Å². The fourth-order valence-corrected chi connectivity index (χ4v) is 0.590. The van der Waals surface area contributed by atoms with Crippen molar-refractivity contribution in [2.24, 2.45) is 16.4 Å². The van der Waals surface area contributed by atoms with Crippen LogP contribution in [0.15, 0.2) is 10.5 Å². The Morgan fingerprint density at radius 2 is 2.06 bits per heavy atom. The monoisotopic (exact) mass is 233 g/mol. The van der Waals surface area contributed by atoms with E-state index in [1.165, 1.54) is 7.05 Å². The third-order valence-electron chi connectivity index (χ3n) is 1.34. The molecule has 0 aliphatic carbocycles. The van der Waals surface area contributed by atoms with Gasteiger partial charge in [-0.15, -0.1) is 0 Å². The zero-order valence-corrected chi connectivity index (χ0v) is 9.41. The van der Waals surface area contributed by atoms with E-state index >= 15 is 0 Å². The van der Waals surface area contributed by atoms with Crippen molar-refractivity contribution < 1.29 is 24.3 Å². The first-order valence-corrected chi connectivity index (χ1v) is 4.56. The summed E-state index contributed by atoms with van der Waals surface area (Å²) in [5, 5.41) is 16.0. The van der Waals surface area contributed by atoms with Gasteiger partial charge in [-0.25, -0.2) is 0 Å². The summed E-state index contributed by atoms with van der Waals surface area (Å²) in [6.07, 6.45) is 0. The Labute approximate surface area is 92.8 Å². The first-order valence-electron chi connectivity index (χ1n) is 4.56. The number of carboxylic acid groups (broad SMARTS) is 1. The van der Waals surface area contributed by atoms with E-state index in [0.29, 0.717) is 0 Å². The molecule has 0 radical (unpaired) electrons. The van der Waals surface area contributed by atoms with Crippen LogP contribution in [0.25, 0.3) is 0 Å². The number of rotatable bonds is 7. The number of carboxylic acids is 1. The molecule has 8 heteroatoms. The van der Waals surface area contributed by atoms with Gasteiger partial charge in [0.2, 0.25) is 0 Å². The molecular weight excluding hydrogens is 218 g/mol. The number of carbonyl (C=O) groups excluding carboxylic acids is 1. The van der Waals surface area contributed by atoms with Crippen LogP contribution in [0.4, 0.5) is 0 Å². The minimum atomic E-state index is -1.03. The van der Waals surface area contributed by atoms with E-state index < -0.39 is 11.9 Å². The van der Waals surface area contributed by atoms with E-state index in [9.17, 15) is 9.59 Å². The van der Waals surface area contributed by atoms with Gasteiger partial charge in [-0.2, -0.15) is 0 Å². The van der Waals surface area contributed by atoms with Gasteiger partial charge >= 0.3 is 11.9 Å². The number of esters is 1. The lowest BCUT2D eigenvalue weighted by molar-refractivity contribution is -0.161. The molecule has 0 aliphatic rings. The number of hydrogen-bond donors (Lipinski definition) is 1. The Hall–Kier alpha value is -1.86. The topological polar surface area (TPSA) is 101 Å². The summed E-state index contributed by atoms with van der Waals surface area (Å²) in [5.41, 5.74) is 0. The average molecular weight is 233 g/mol. The summed E-state index contributed by atoms with van der Waals surface area (Å²) < 4.78 is 4.62. The maximum atomic E-state index is 10.9. The van der Waals surface area contributed by atoms with Gasteiger partial charge in [0.1, 0.15) is 6.54 Å². The highest BCUT2D eigenvalue weighted by Crippen LogP contribution is 1.96. The third kappa shape index (κ3) is 7.54. The third-order valence-corrected chi connectivity index (χ3v) is 1.34. The molecule has 16 heavy (non-hydrogen) atoms. The maximum Gasteiger partial charge on any atom is 0.324 e. The number of aliphatic carboxylic acids is 1. The van der Waals surface area contributed by atoms with Crippen molar-refractivity contribution in [1.29, 1.82) is 0 Å². The average Bonchev–Trinajstić information content (AvgIpc) is 2.15. The van der Waals surface area contributed by atoms with Crippen LogP contribution in [-0.4, -0.2) is 42.4 Å². The van der Waals surface area contributed by atoms with Crippen molar-refractivity contribution >= 4 is 11.9 Å². The minimum Gasteiger partial charge on any atom is -0.480 e. The molecule has 0 atom stereocenters. The van der Waals surface area contributed by atoms with Gasteiger partial charge in [0.25, 0.3) is 6.79 Å². The molecule has 0 unspecified atom stereocenters. The predicted molar refractivity (Wildman–Crippen MR) is 52.0 cm³/mol. The molecule has 0 aromatic carbocycles. The zero-order valence-electron chi connectivity index (χ0n) is 9.41. The SMILES string of the molecule is CC(C)C(=O)OCO/N=N\N(C)CC(=O)O. The predicted octanol–water partition coefficient (Wildman–Crippen LogP) is 0.458. The highest BCUT2D eigenvalue weighted by Gasteiger charge is 2.07. The van der Waals surface area contributed by atoms with Crippen molar-refractivity contribution in [2.45, 2.75) is 13.8 Å². The number of ether oxygens (including phenoxy) is 1. The Balaban J connectivity index is 3.62. The van der Waals surface area contributed by atoms with Crippen LogP contribution in [0.1, 0.15) is 13.8 Å². The first kappa shape index (κ1) is 14.1. The van der Waals surface area contributed by atoms with E-state index in [-0.39, 0.29) is 19.3 Å². The van der Waals surface area contributed by atoms with E-state index in [0.717, 1.165) is 5.01 Å². The largest absolute Gasteiger partial charge is 0.480 e. The van der Waals surface area contributed by atoms with Crippen molar-refractivity contribution in [2.75, 3.05) is 20.4 Å². The van der Waals surface area contributed by atoms with Gasteiger partial charge in [0.05, 0.1) is 5.92 Å². The molecule has 0 aromatic heterocycles. The molecule has 0 rings (SSSR count). The van der Waals surface area contributed by atoms with E-state index in [1.54, 1.807) is 13.8 Å². The number of nitrogens with zero attached hydrogens (tertiary/aromatic N) is 3. The molecule has 0 aromatic rings. The summed E-state index contributed by atoms with van der Waals surface area (Å²) in [4.78, 5) is 25.6. The van der Waals surface area contributed by atoms with Gasteiger partial charge < -0.3 is 14.7 Å². The summed E-state index contributed by atoms with van der Waals surface area (Å²) in [5.74, 6) is -1.68. The van der Waals surface area contributed by atoms with E-state index in [4.69, 9.17) is 5.11 Å². The maximum absolute atomic E-state index is 10.9. The van der Waals surface area contributed by atoms with Crippen LogP contribution < -0.4 is 0 Å². The second-order valence-electron chi connectivity index (χ2n) is 3.25. The molecule has 8 nitrogen and oxygen atoms in total. The number of carbonyl (C=O) groups is 2. The molecule has 0 fully saturated rings. The van der Waals surface area contributed by atoms with Gasteiger partial charge in [0, 0.05) is 12.3 Å². The van der Waals surface area contributed by atoms with E-state index in [1.807, 2.05) is 0 Å². The van der Waals surface area contributed by atoms with Gasteiger partial charge in [-0.05, 0) is 5.22 Å². The Bertz CT molecular complexity index is 266. The van der Waals surface area contributed by atoms with Crippen LogP contribution in [0, 0.1) is 5.92 Å². The van der Waals surface area contributed by atoms with Gasteiger partial charge in [-0.1, -0.05) is 13.8 Å². The molecular formula is C8H15N3O5. The van der Waals surface area contributed by atoms with Crippen molar-refractivity contribution in [3.8, 4) is 0 Å². The molecule has 1 N–H and O–H groups in total. The second kappa shape index (κ2) is 7.43. The summed E-state index contributed by atoms with van der Waals surface area (Å²) in [6.45, 7) is 2.73. The number of likely N-dealkylation sites (N-methyl/N-ethyl adjacent to an activating group) is 1. The quantitative estimate of drug-likeness (QED) is 0.225. The summed E-state index contributed by atoms with van der Waals surface area (Å²) >= 11 is 0. The summed E-state index contributed by atoms with van der Waals surface area (Å²) in [7, 11) is 1.42. The van der Waals surface area contributed by atoms with Crippen LogP contribution >= 0.6 is 0 Å². The first-order chi connectivity index (χ1) is 7.43. The molecule has 0 bridgehead atoms. The van der Waals surface area contributed by atoms with Crippen molar-refractivity contribution in [3.63, 3.8) is 0 Å². The van der Waals surface area contributed by atoms with Gasteiger partial charge in [-0.3, -0.25) is 14.6 Å². The smallest absolute Gasteiger partial charge is 0.324 e. The van der Waals surface area contributed by atoms with Crippen LogP contribution in [0.3, 0.4) is 0 Å². The molecule has 0 aliphatic heterocycles. The highest BCUT2D eigenvalue weighted by atomic mass is 16.8. The summed E-state index contributed by atoms with van der Waals surface area (Å²) in [6, 6.07) is 0. The fraction of sp³-hybridized carbons (Fsp3) is 0.750. The van der Waals surface area contributed by atoms with Crippen LogP contribution in [0.2, 0.25) is 0 Å². The second-order valence-corrected chi connectivity index (χ2v) is 3.25. The zero-order chi connectivity index (χ0) is 12.6. The Morgan fingerprint density at radius 1 is 1.44 bits per heavy atom. The normalized spacial score (nSPS) is 10.5. The molecule has 0 amide bonds. The lowest BCUT2D eigenvalue weighted by atomic mass is 10.2. The fourth-order valence-electron chi connectivity index (χ4n) is 0.590. The highest BCUT2D eigenvalue weighted by molar-refractivity contribution is 5.71. The van der Waals surface area contributed by atoms with Gasteiger partial charge in [0.15, 0.2) is 0 Å². The standard InChI is InChI=1S/C8H15N3O5/c1-6(2)8(14)15-5-16-10-9-11(3)4-7(12)13/h6H,4-5H2,1-3H3,(H,12,13)/b10-9-. The lowest BCUT2D eigenvalue weighted by Gasteiger charge is -2.07. The van der Waals surface area contributed by atoms with Crippen molar-refractivity contribution in [3.05, 3.63) is 0 Å². The number of hydrogen-bond acceptors (Lipinski definition) is 6. The van der Waals surface area contributed by atoms with Crippen LogP contribution in [0.5, 0.6) is 0 Å². The van der Waals surface area contributed by atoms with E-state index in [2.05, 4.69) is 20.1 Å². The lowest BCUT2D eigenvalue weighted by Crippen LogP contribution is -2.20.